The molecule has 2 heterocycles. The topological polar surface area (TPSA) is 71.1 Å². The molecule has 1 fully saturated rings. The van der Waals surface area contributed by atoms with E-state index >= 15 is 0 Å². The third kappa shape index (κ3) is 3.72. The Morgan fingerprint density at radius 2 is 1.89 bits per heavy atom. The Labute approximate surface area is 210 Å². The lowest BCUT2D eigenvalue weighted by atomic mass is 9.89. The van der Waals surface area contributed by atoms with Gasteiger partial charge in [-0.3, -0.25) is 9.59 Å². The highest BCUT2D eigenvalue weighted by molar-refractivity contribution is 6.11. The van der Waals surface area contributed by atoms with Crippen LogP contribution in [0.5, 0.6) is 17.2 Å². The van der Waals surface area contributed by atoms with Crippen molar-refractivity contribution in [1.29, 1.82) is 0 Å². The van der Waals surface area contributed by atoms with Crippen LogP contribution < -0.4 is 14.2 Å². The molecule has 3 aliphatic rings. The molecule has 1 unspecified atom stereocenters. The molecule has 1 spiro atoms. The van der Waals surface area contributed by atoms with Gasteiger partial charge in [0, 0.05) is 17.5 Å². The highest BCUT2D eigenvalue weighted by Gasteiger charge is 2.58. The first kappa shape index (κ1) is 22.7. The van der Waals surface area contributed by atoms with Gasteiger partial charge < -0.3 is 18.9 Å². The first-order valence-electron chi connectivity index (χ1n) is 12.3. The minimum atomic E-state index is -0.591. The van der Waals surface area contributed by atoms with Crippen LogP contribution in [0, 0.1) is 13.8 Å². The van der Waals surface area contributed by atoms with Crippen LogP contribution in [0.2, 0.25) is 0 Å². The van der Waals surface area contributed by atoms with Crippen molar-refractivity contribution in [2.45, 2.75) is 51.2 Å². The number of aryl methyl sites for hydroxylation is 1. The molecule has 6 nitrogen and oxygen atoms in total. The maximum atomic E-state index is 13.0. The zero-order valence-electron chi connectivity index (χ0n) is 20.7. The van der Waals surface area contributed by atoms with E-state index in [1.165, 1.54) is 7.11 Å². The van der Waals surface area contributed by atoms with Crippen molar-refractivity contribution in [1.82, 2.24) is 0 Å². The monoisotopic (exact) mass is 484 g/mol. The van der Waals surface area contributed by atoms with Gasteiger partial charge in [-0.25, -0.2) is 0 Å². The minimum Gasteiger partial charge on any atom is -0.492 e. The van der Waals surface area contributed by atoms with E-state index in [0.29, 0.717) is 25.4 Å². The van der Waals surface area contributed by atoms with Crippen molar-refractivity contribution in [3.63, 3.8) is 0 Å². The Balaban J connectivity index is 1.21. The summed E-state index contributed by atoms with van der Waals surface area (Å²) in [5, 5.41) is 0. The van der Waals surface area contributed by atoms with Crippen LogP contribution in [0.1, 0.15) is 57.8 Å². The van der Waals surface area contributed by atoms with E-state index in [0.717, 1.165) is 63.3 Å². The van der Waals surface area contributed by atoms with E-state index < -0.39 is 5.60 Å². The molecule has 2 aliphatic heterocycles. The number of fused-ring (bicyclic) bond motifs is 2. The molecule has 6 rings (SSSR count). The Hall–Kier alpha value is -3.80. The van der Waals surface area contributed by atoms with E-state index in [2.05, 4.69) is 19.1 Å². The zero-order chi connectivity index (χ0) is 25.0. The summed E-state index contributed by atoms with van der Waals surface area (Å²) < 4.78 is 22.7. The molecular weight excluding hydrogens is 456 g/mol. The standard InChI is InChI=1S/C30H28O6/c1-17-11-25-28(29(32)30(36-25)9-10-30)18(2)27(17)20-6-4-5-19(12-20)15-34-22-7-8-23-21(13-26(31)33-3)16-35-24(23)14-22/h4-8,11-12,14,21H,9-10,13,15-16H2,1-3H3. The van der Waals surface area contributed by atoms with Crippen molar-refractivity contribution in [2.24, 2.45) is 0 Å². The molecule has 0 aromatic heterocycles. The Kier molecular flexibility index (Phi) is 5.29. The highest BCUT2D eigenvalue weighted by atomic mass is 16.5. The molecule has 1 atom stereocenters. The summed E-state index contributed by atoms with van der Waals surface area (Å²) in [5.41, 5.74) is 6.38. The van der Waals surface area contributed by atoms with E-state index in [1.54, 1.807) is 0 Å². The molecule has 0 saturated heterocycles. The summed E-state index contributed by atoms with van der Waals surface area (Å²) >= 11 is 0. The maximum Gasteiger partial charge on any atom is 0.306 e. The number of esters is 1. The van der Waals surface area contributed by atoms with Crippen molar-refractivity contribution in [3.8, 4) is 28.4 Å². The summed E-state index contributed by atoms with van der Waals surface area (Å²) in [7, 11) is 1.40. The van der Waals surface area contributed by atoms with E-state index in [1.807, 2.05) is 43.3 Å². The fraction of sp³-hybridized carbons (Fsp3) is 0.333. The normalized spacial score (nSPS) is 18.3. The number of ether oxygens (including phenoxy) is 4. The van der Waals surface area contributed by atoms with Crippen LogP contribution in [0.15, 0.2) is 48.5 Å². The number of hydrogen-bond acceptors (Lipinski definition) is 6. The second-order valence-electron chi connectivity index (χ2n) is 9.97. The number of carbonyl (C=O) groups is 2. The van der Waals surface area contributed by atoms with Gasteiger partial charge in [0.15, 0.2) is 5.60 Å². The van der Waals surface area contributed by atoms with Crippen LogP contribution in [0.4, 0.5) is 0 Å². The van der Waals surface area contributed by atoms with Gasteiger partial charge in [0.1, 0.15) is 23.9 Å². The molecule has 0 bridgehead atoms. The van der Waals surface area contributed by atoms with Crippen LogP contribution >= 0.6 is 0 Å². The number of methoxy groups -OCH3 is 1. The summed E-state index contributed by atoms with van der Waals surface area (Å²) in [6.07, 6.45) is 1.92. The summed E-state index contributed by atoms with van der Waals surface area (Å²) in [5.74, 6) is 2.07. The lowest BCUT2D eigenvalue weighted by Gasteiger charge is -2.15. The van der Waals surface area contributed by atoms with E-state index in [-0.39, 0.29) is 17.7 Å². The lowest BCUT2D eigenvalue weighted by molar-refractivity contribution is -0.141. The van der Waals surface area contributed by atoms with E-state index in [9.17, 15) is 9.59 Å². The van der Waals surface area contributed by atoms with E-state index in [4.69, 9.17) is 18.9 Å². The smallest absolute Gasteiger partial charge is 0.306 e. The maximum absolute atomic E-state index is 13.0. The molecule has 0 radical (unpaired) electrons. The molecule has 1 aliphatic carbocycles. The minimum absolute atomic E-state index is 0.00376. The number of benzene rings is 3. The number of rotatable bonds is 6. The van der Waals surface area contributed by atoms with Crippen molar-refractivity contribution in [2.75, 3.05) is 13.7 Å². The predicted octanol–water partition coefficient (Wildman–Crippen LogP) is 5.70. The summed E-state index contributed by atoms with van der Waals surface area (Å²) in [6.45, 7) is 4.94. The lowest BCUT2D eigenvalue weighted by Crippen LogP contribution is -2.22. The molecule has 6 heteroatoms. The van der Waals surface area contributed by atoms with Gasteiger partial charge in [0.25, 0.3) is 0 Å². The second kappa shape index (κ2) is 8.40. The van der Waals surface area contributed by atoms with Crippen LogP contribution in [0.3, 0.4) is 0 Å². The third-order valence-corrected chi connectivity index (χ3v) is 7.52. The van der Waals surface area contributed by atoms with Gasteiger partial charge in [-0.15, -0.1) is 0 Å². The van der Waals surface area contributed by atoms with Gasteiger partial charge in [0.2, 0.25) is 5.78 Å². The molecule has 0 N–H and O–H groups in total. The number of carbonyl (C=O) groups excluding carboxylic acids is 2. The van der Waals surface area contributed by atoms with Crippen LogP contribution in [0.25, 0.3) is 11.1 Å². The Morgan fingerprint density at radius 3 is 2.67 bits per heavy atom. The van der Waals surface area contributed by atoms with Crippen molar-refractivity contribution in [3.05, 3.63) is 76.3 Å². The molecule has 36 heavy (non-hydrogen) atoms. The highest BCUT2D eigenvalue weighted by Crippen LogP contribution is 2.52. The van der Waals surface area contributed by atoms with Gasteiger partial charge in [-0.1, -0.05) is 24.3 Å². The average molecular weight is 485 g/mol. The van der Waals surface area contributed by atoms with Gasteiger partial charge >= 0.3 is 5.97 Å². The zero-order valence-corrected chi connectivity index (χ0v) is 20.7. The largest absolute Gasteiger partial charge is 0.492 e. The van der Waals surface area contributed by atoms with Gasteiger partial charge in [-0.05, 0) is 72.7 Å². The molecule has 1 saturated carbocycles. The van der Waals surface area contributed by atoms with Crippen LogP contribution in [-0.2, 0) is 16.1 Å². The predicted molar refractivity (Wildman–Crippen MR) is 134 cm³/mol. The summed E-state index contributed by atoms with van der Waals surface area (Å²) in [6, 6.07) is 16.0. The summed E-state index contributed by atoms with van der Waals surface area (Å²) in [4.78, 5) is 24.7. The molecule has 0 amide bonds. The Bertz CT molecular complexity index is 1400. The van der Waals surface area contributed by atoms with Crippen molar-refractivity contribution < 1.29 is 28.5 Å². The molecule has 3 aromatic carbocycles. The quantitative estimate of drug-likeness (QED) is 0.418. The Morgan fingerprint density at radius 1 is 1.06 bits per heavy atom. The average Bonchev–Trinajstić information content (AvgIpc) is 3.46. The molecule has 184 valence electrons. The van der Waals surface area contributed by atoms with Gasteiger partial charge in [0.05, 0.1) is 25.7 Å². The number of ketones is 1. The second-order valence-corrected chi connectivity index (χ2v) is 9.97. The fourth-order valence-corrected chi connectivity index (χ4v) is 5.46. The first-order chi connectivity index (χ1) is 17.4. The molecular formula is C30H28O6. The number of hydrogen-bond donors (Lipinski definition) is 0. The third-order valence-electron chi connectivity index (χ3n) is 7.52. The number of Topliss-reactive ketones (excluding diaryl/α,β-unsaturated/α-hetero) is 1. The first-order valence-corrected chi connectivity index (χ1v) is 12.3. The SMILES string of the molecule is COC(=O)CC1COc2cc(OCc3cccc(-c4c(C)cc5c(c4C)C(=O)C4(CC4)O5)c3)ccc21. The van der Waals surface area contributed by atoms with Crippen molar-refractivity contribution >= 4 is 11.8 Å². The fourth-order valence-electron chi connectivity index (χ4n) is 5.46. The molecule has 3 aromatic rings. The van der Waals surface area contributed by atoms with Gasteiger partial charge in [-0.2, -0.15) is 0 Å². The van der Waals surface area contributed by atoms with Crippen LogP contribution in [-0.4, -0.2) is 31.1 Å².